The van der Waals surface area contributed by atoms with Gasteiger partial charge < -0.3 is 14.5 Å². The monoisotopic (exact) mass is 433 g/mol. The predicted molar refractivity (Wildman–Crippen MR) is 77.7 cm³/mol. The Hall–Kier alpha value is -4.40. The van der Waals surface area contributed by atoms with Gasteiger partial charge >= 0.3 is 5.66 Å². The average Bonchev–Trinajstić information content (AvgIpc) is 2.58. The average molecular weight is 433 g/mol. The maximum atomic E-state index is 11.4. The van der Waals surface area contributed by atoms with Crippen molar-refractivity contribution in [1.82, 2.24) is 5.01 Å². The summed E-state index contributed by atoms with van der Waals surface area (Å²) in [7, 11) is 0. The van der Waals surface area contributed by atoms with Crippen molar-refractivity contribution in [2.24, 2.45) is 0 Å². The second kappa shape index (κ2) is 9.51. The predicted octanol–water partition coefficient (Wildman–Crippen LogP) is -1.89. The van der Waals surface area contributed by atoms with Crippen molar-refractivity contribution < 1.29 is 44.7 Å². The molecule has 0 spiro atoms. The highest BCUT2D eigenvalue weighted by Crippen LogP contribution is 2.24. The fraction of sp³-hybridized carbons (Fsp3) is 1.00. The molecule has 0 rings (SSSR count). The fourth-order valence-corrected chi connectivity index (χ4v) is 1.73. The molecule has 0 heterocycles. The zero-order valence-corrected chi connectivity index (χ0v) is 14.1. The number of rotatable bonds is 15. The van der Waals surface area contributed by atoms with Crippen LogP contribution in [0.2, 0.25) is 0 Å². The van der Waals surface area contributed by atoms with Crippen LogP contribution in [-0.2, 0) is 14.5 Å². The third-order valence-electron chi connectivity index (χ3n) is 3.30. The molecule has 0 saturated heterocycles. The van der Waals surface area contributed by atoms with Crippen molar-refractivity contribution >= 4 is 0 Å². The van der Waals surface area contributed by atoms with Gasteiger partial charge in [0, 0.05) is 0 Å². The second-order valence-electron chi connectivity index (χ2n) is 5.24. The highest BCUT2D eigenvalue weighted by molar-refractivity contribution is 4.88. The van der Waals surface area contributed by atoms with Gasteiger partial charge in [-0.2, -0.15) is 0 Å². The summed E-state index contributed by atoms with van der Waals surface area (Å²) in [5, 5.41) is 58.2. The van der Waals surface area contributed by atoms with Crippen molar-refractivity contribution in [2.45, 2.75) is 18.1 Å². The van der Waals surface area contributed by atoms with E-state index in [-0.39, 0.29) is 0 Å². The van der Waals surface area contributed by atoms with E-state index in [0.29, 0.717) is 6.92 Å². The Kier molecular flexibility index (Phi) is 8.07. The summed E-state index contributed by atoms with van der Waals surface area (Å²) < 4.78 is 0. The Morgan fingerprint density at radius 1 is 0.690 bits per heavy atom. The van der Waals surface area contributed by atoms with Gasteiger partial charge in [0.25, 0.3) is 15.3 Å². The summed E-state index contributed by atoms with van der Waals surface area (Å²) in [6.07, 6.45) is 0. The van der Waals surface area contributed by atoms with E-state index < -0.39 is 72.7 Å². The lowest BCUT2D eigenvalue weighted by Gasteiger charge is -2.35. The fourth-order valence-electron chi connectivity index (χ4n) is 1.73. The van der Waals surface area contributed by atoms with Crippen LogP contribution in [0.15, 0.2) is 0 Å². The second-order valence-corrected chi connectivity index (χ2v) is 5.24. The largest absolute Gasteiger partial charge is 0.478 e. The molecule has 0 saturated carbocycles. The molecule has 0 unspecified atom stereocenters. The van der Waals surface area contributed by atoms with Crippen molar-refractivity contribution in [3.63, 3.8) is 0 Å². The molecule has 0 fully saturated rings. The lowest BCUT2D eigenvalue weighted by atomic mass is 10.0. The smallest absolute Gasteiger partial charge is 0.311 e. The molecule has 0 atom stereocenters. The van der Waals surface area contributed by atoms with E-state index in [4.69, 9.17) is 0 Å². The highest BCUT2D eigenvalue weighted by Gasteiger charge is 2.60. The molecule has 0 aliphatic carbocycles. The molecular formula is C7H11N7O15. The van der Waals surface area contributed by atoms with E-state index in [1.807, 2.05) is 0 Å². The number of hydrazine groups is 1. The lowest BCUT2D eigenvalue weighted by molar-refractivity contribution is -0.818. The zero-order chi connectivity index (χ0) is 23.0. The van der Waals surface area contributed by atoms with Gasteiger partial charge in [0.05, 0.1) is 6.92 Å². The van der Waals surface area contributed by atoms with Crippen LogP contribution in [0.1, 0.15) is 6.92 Å². The third kappa shape index (κ3) is 6.68. The molecule has 0 aromatic carbocycles. The minimum Gasteiger partial charge on any atom is -0.311 e. The number of nitro groups is 3. The number of hydrogen-bond acceptors (Lipinski definition) is 15. The van der Waals surface area contributed by atoms with Gasteiger partial charge in [-0.1, -0.05) is 0 Å². The Morgan fingerprint density at radius 3 is 1.21 bits per heavy atom. The van der Waals surface area contributed by atoms with Crippen molar-refractivity contribution in [3.05, 3.63) is 60.7 Å². The summed E-state index contributed by atoms with van der Waals surface area (Å²) >= 11 is 0. The molecule has 0 amide bonds. The van der Waals surface area contributed by atoms with E-state index >= 15 is 0 Å². The quantitative estimate of drug-likeness (QED) is 0.155. The van der Waals surface area contributed by atoms with Crippen LogP contribution in [0.3, 0.4) is 0 Å². The van der Waals surface area contributed by atoms with Gasteiger partial charge in [-0.05, 0) is 0 Å². The van der Waals surface area contributed by atoms with Crippen molar-refractivity contribution in [2.75, 3.05) is 26.4 Å². The van der Waals surface area contributed by atoms with E-state index in [9.17, 15) is 60.7 Å². The topological polar surface area (TPSA) is 290 Å². The molecule has 0 aromatic heterocycles. The van der Waals surface area contributed by atoms with Gasteiger partial charge in [0.1, 0.15) is 29.7 Å². The molecule has 22 heteroatoms. The molecule has 0 aliphatic rings. The van der Waals surface area contributed by atoms with Gasteiger partial charge in [-0.3, -0.25) is 20.2 Å². The molecule has 164 valence electrons. The van der Waals surface area contributed by atoms with Gasteiger partial charge in [0.15, 0.2) is 10.6 Å². The third-order valence-corrected chi connectivity index (χ3v) is 3.30. The molecular weight excluding hydrogens is 422 g/mol. The van der Waals surface area contributed by atoms with Gasteiger partial charge in [-0.25, -0.2) is 10.1 Å². The van der Waals surface area contributed by atoms with E-state index in [1.54, 1.807) is 0 Å². The Balaban J connectivity index is 6.40. The first kappa shape index (κ1) is 24.6. The Labute approximate surface area is 156 Å². The summed E-state index contributed by atoms with van der Waals surface area (Å²) in [4.78, 5) is 73.3. The summed E-state index contributed by atoms with van der Waals surface area (Å²) in [5.74, 6) is 0. The molecule has 29 heavy (non-hydrogen) atoms. The van der Waals surface area contributed by atoms with E-state index in [2.05, 4.69) is 14.5 Å². The van der Waals surface area contributed by atoms with Crippen molar-refractivity contribution in [1.29, 1.82) is 0 Å². The molecule has 0 bridgehead atoms. The SMILES string of the molecule is CC(CN([N+](=O)[O-])C(CO[N+](=O)[O-])(CO[N+](=O)[O-])CO[N+](=O)[O-])([N+](=O)[O-])[N+](=O)[O-]. The first-order valence-corrected chi connectivity index (χ1v) is 6.71. The number of hydrogen-bond donors (Lipinski definition) is 0. The lowest BCUT2D eigenvalue weighted by Crippen LogP contribution is -2.66. The van der Waals surface area contributed by atoms with Crippen LogP contribution in [0.5, 0.6) is 0 Å². The summed E-state index contributed by atoms with van der Waals surface area (Å²) in [6.45, 7) is -6.22. The minimum atomic E-state index is -3.32. The maximum absolute atomic E-state index is 11.4. The van der Waals surface area contributed by atoms with Crippen LogP contribution >= 0.6 is 0 Å². The molecule has 22 nitrogen and oxygen atoms in total. The molecule has 0 aliphatic heterocycles. The van der Waals surface area contributed by atoms with Crippen LogP contribution in [0.25, 0.3) is 0 Å². The van der Waals surface area contributed by atoms with Crippen LogP contribution in [-0.4, -0.2) is 72.7 Å². The Bertz CT molecular complexity index is 635. The number of nitrogens with zero attached hydrogens (tertiary/aromatic N) is 7. The normalized spacial score (nSPS) is 11.1. The van der Waals surface area contributed by atoms with E-state index in [0.717, 1.165) is 0 Å². The molecule has 0 N–H and O–H groups in total. The minimum absolute atomic E-state index is 0.325. The van der Waals surface area contributed by atoms with Crippen LogP contribution < -0.4 is 0 Å². The molecule has 0 radical (unpaired) electrons. The standard InChI is InChI=1S/C7H11N7O15/c1-6(9(15)16,10(17)18)2-8(11(19)20)7(3-27-12(21)22,4-28-13(23)24)5-29-14(25)26/h2-5H2,1H3. The summed E-state index contributed by atoms with van der Waals surface area (Å²) in [5.41, 5.74) is -6.28. The van der Waals surface area contributed by atoms with Crippen LogP contribution in [0, 0.1) is 60.7 Å². The Morgan fingerprint density at radius 2 is 1.00 bits per heavy atom. The first-order valence-electron chi connectivity index (χ1n) is 6.71. The van der Waals surface area contributed by atoms with Gasteiger partial charge in [0.2, 0.25) is 6.54 Å². The van der Waals surface area contributed by atoms with E-state index in [1.165, 1.54) is 0 Å². The molecule has 0 aromatic rings. The highest BCUT2D eigenvalue weighted by atomic mass is 17.0. The zero-order valence-electron chi connectivity index (χ0n) is 14.1. The van der Waals surface area contributed by atoms with Gasteiger partial charge in [-0.15, -0.1) is 35.4 Å². The summed E-state index contributed by atoms with van der Waals surface area (Å²) in [6, 6.07) is 0. The maximum Gasteiger partial charge on any atom is 0.478 e. The van der Waals surface area contributed by atoms with Crippen molar-refractivity contribution in [3.8, 4) is 0 Å². The first-order chi connectivity index (χ1) is 13.2. The van der Waals surface area contributed by atoms with Crippen LogP contribution in [0.4, 0.5) is 0 Å².